The van der Waals surface area contributed by atoms with Crippen molar-refractivity contribution in [2.24, 2.45) is 0 Å². The van der Waals surface area contributed by atoms with Crippen LogP contribution >= 0.6 is 0 Å². The maximum atomic E-state index is 13.3. The van der Waals surface area contributed by atoms with Crippen molar-refractivity contribution in [3.8, 4) is 12.3 Å². The Morgan fingerprint density at radius 1 is 1.62 bits per heavy atom. The Hall–Kier alpha value is -2.28. The van der Waals surface area contributed by atoms with Gasteiger partial charge in [-0.3, -0.25) is 4.57 Å². The number of rotatable bonds is 2. The Balaban J connectivity index is 2.05. The summed E-state index contributed by atoms with van der Waals surface area (Å²) in [6.07, 6.45) is 3.95. The standard InChI is InChI=1S/C12H12FN5O3/c1-2-12(4-19)6(20)3-7(21-12)18-5-15-8-9(14)16-11(13)17-10(8)18/h1,5-7,19-20H,3-4H2,(H2,14,16,17)/t6-,7-,12-/m1/s1. The van der Waals surface area contributed by atoms with Crippen molar-refractivity contribution in [1.29, 1.82) is 0 Å². The number of aliphatic hydroxyl groups excluding tert-OH is 2. The van der Waals surface area contributed by atoms with E-state index in [9.17, 15) is 14.6 Å². The first-order valence-corrected chi connectivity index (χ1v) is 6.11. The van der Waals surface area contributed by atoms with E-state index in [0.717, 1.165) is 0 Å². The minimum atomic E-state index is -1.50. The van der Waals surface area contributed by atoms with Crippen molar-refractivity contribution in [2.75, 3.05) is 12.3 Å². The van der Waals surface area contributed by atoms with Crippen molar-refractivity contribution in [1.82, 2.24) is 19.5 Å². The van der Waals surface area contributed by atoms with E-state index < -0.39 is 30.6 Å². The number of fused-ring (bicyclic) bond motifs is 1. The topological polar surface area (TPSA) is 119 Å². The molecule has 0 saturated carbocycles. The summed E-state index contributed by atoms with van der Waals surface area (Å²) in [5.74, 6) is 2.16. The number of nitrogen functional groups attached to an aromatic ring is 1. The molecule has 0 aromatic carbocycles. The molecule has 1 saturated heterocycles. The number of imidazole rings is 1. The van der Waals surface area contributed by atoms with E-state index >= 15 is 0 Å². The van der Waals surface area contributed by atoms with Crippen molar-refractivity contribution >= 4 is 17.0 Å². The average Bonchev–Trinajstić information content (AvgIpc) is 3.00. The first-order valence-electron chi connectivity index (χ1n) is 6.11. The van der Waals surface area contributed by atoms with Crippen LogP contribution in [0.4, 0.5) is 10.2 Å². The third-order valence-corrected chi connectivity index (χ3v) is 3.52. The average molecular weight is 293 g/mol. The Kier molecular flexibility index (Phi) is 3.02. The van der Waals surface area contributed by atoms with Gasteiger partial charge in [0.25, 0.3) is 0 Å². The molecule has 3 rings (SSSR count). The molecule has 1 aliphatic heterocycles. The lowest BCUT2D eigenvalue weighted by Gasteiger charge is -2.23. The molecule has 3 atom stereocenters. The predicted octanol–water partition coefficient (Wildman–Crippen LogP) is -0.808. The highest BCUT2D eigenvalue weighted by Crippen LogP contribution is 2.37. The lowest BCUT2D eigenvalue weighted by molar-refractivity contribution is -0.0891. The number of aromatic nitrogens is 4. The van der Waals surface area contributed by atoms with Crippen molar-refractivity contribution < 1.29 is 19.3 Å². The maximum Gasteiger partial charge on any atom is 0.312 e. The fraction of sp³-hybridized carbons (Fsp3) is 0.417. The van der Waals surface area contributed by atoms with Crippen LogP contribution in [0.25, 0.3) is 11.2 Å². The molecule has 0 radical (unpaired) electrons. The normalized spacial score (nSPS) is 28.9. The highest BCUT2D eigenvalue weighted by Gasteiger charge is 2.47. The quantitative estimate of drug-likeness (QED) is 0.489. The molecule has 0 unspecified atom stereocenters. The number of halogens is 1. The van der Waals surface area contributed by atoms with E-state index in [0.29, 0.717) is 0 Å². The summed E-state index contributed by atoms with van der Waals surface area (Å²) in [4.78, 5) is 11.0. The molecule has 110 valence electrons. The van der Waals surface area contributed by atoms with Crippen LogP contribution in [0.1, 0.15) is 12.6 Å². The molecule has 0 spiro atoms. The fourth-order valence-corrected chi connectivity index (χ4v) is 2.36. The van der Waals surface area contributed by atoms with Crippen LogP contribution < -0.4 is 5.73 Å². The molecule has 8 nitrogen and oxygen atoms in total. The third-order valence-electron chi connectivity index (χ3n) is 3.52. The smallest absolute Gasteiger partial charge is 0.312 e. The second-order valence-electron chi connectivity index (χ2n) is 4.72. The van der Waals surface area contributed by atoms with Crippen molar-refractivity contribution in [3.63, 3.8) is 0 Å². The second kappa shape index (κ2) is 4.63. The van der Waals surface area contributed by atoms with Gasteiger partial charge in [0, 0.05) is 6.42 Å². The molecule has 1 fully saturated rings. The van der Waals surface area contributed by atoms with Gasteiger partial charge in [-0.1, -0.05) is 5.92 Å². The Morgan fingerprint density at radius 2 is 2.38 bits per heavy atom. The number of hydrogen-bond acceptors (Lipinski definition) is 7. The molecular weight excluding hydrogens is 281 g/mol. The van der Waals surface area contributed by atoms with Crippen LogP contribution in [0.15, 0.2) is 6.33 Å². The first kappa shape index (κ1) is 13.7. The van der Waals surface area contributed by atoms with E-state index in [1.54, 1.807) is 0 Å². The van der Waals surface area contributed by atoms with Crippen LogP contribution in [-0.4, -0.2) is 48.0 Å². The van der Waals surface area contributed by atoms with E-state index in [1.165, 1.54) is 10.9 Å². The monoisotopic (exact) mass is 293 g/mol. The fourth-order valence-electron chi connectivity index (χ4n) is 2.36. The van der Waals surface area contributed by atoms with Gasteiger partial charge in [-0.2, -0.15) is 14.4 Å². The molecule has 21 heavy (non-hydrogen) atoms. The third kappa shape index (κ3) is 1.92. The van der Waals surface area contributed by atoms with Gasteiger partial charge in [-0.15, -0.1) is 6.42 Å². The van der Waals surface area contributed by atoms with Gasteiger partial charge in [-0.25, -0.2) is 4.98 Å². The van der Waals surface area contributed by atoms with Crippen molar-refractivity contribution in [3.05, 3.63) is 12.4 Å². The van der Waals surface area contributed by atoms with Crippen LogP contribution in [0.5, 0.6) is 0 Å². The summed E-state index contributed by atoms with van der Waals surface area (Å²) in [6.45, 7) is -0.542. The number of nitrogens with two attached hydrogens (primary N) is 1. The lowest BCUT2D eigenvalue weighted by Crippen LogP contribution is -2.41. The zero-order valence-corrected chi connectivity index (χ0v) is 10.8. The molecule has 2 aromatic heterocycles. The second-order valence-corrected chi connectivity index (χ2v) is 4.72. The molecule has 0 amide bonds. The van der Waals surface area contributed by atoms with Gasteiger partial charge in [0.2, 0.25) is 0 Å². The molecule has 1 aliphatic rings. The van der Waals surface area contributed by atoms with E-state index in [1.807, 2.05) is 0 Å². The number of ether oxygens (including phenoxy) is 1. The van der Waals surface area contributed by atoms with Crippen LogP contribution in [0.3, 0.4) is 0 Å². The van der Waals surface area contributed by atoms with E-state index in [2.05, 4.69) is 20.9 Å². The SMILES string of the molecule is C#C[C@]1(CO)O[C@@H](n2cnc3c(N)nc(F)nc32)C[C@H]1O. The van der Waals surface area contributed by atoms with Gasteiger partial charge < -0.3 is 20.7 Å². The first-order chi connectivity index (χ1) is 10.0. The number of terminal acetylenes is 1. The van der Waals surface area contributed by atoms with Gasteiger partial charge in [0.15, 0.2) is 22.6 Å². The lowest BCUT2D eigenvalue weighted by atomic mass is 9.99. The molecule has 0 aliphatic carbocycles. The van der Waals surface area contributed by atoms with Gasteiger partial charge in [-0.05, 0) is 0 Å². The summed E-state index contributed by atoms with van der Waals surface area (Å²) in [7, 11) is 0. The molecule has 9 heteroatoms. The van der Waals surface area contributed by atoms with Gasteiger partial charge in [0.05, 0.1) is 12.9 Å². The Morgan fingerprint density at radius 3 is 3.00 bits per heavy atom. The number of anilines is 1. The molecule has 2 aromatic rings. The predicted molar refractivity (Wildman–Crippen MR) is 69.1 cm³/mol. The molecule has 4 N–H and O–H groups in total. The minimum absolute atomic E-state index is 0.0971. The van der Waals surface area contributed by atoms with E-state index in [-0.39, 0.29) is 23.4 Å². The van der Waals surface area contributed by atoms with Crippen LogP contribution in [0.2, 0.25) is 0 Å². The minimum Gasteiger partial charge on any atom is -0.392 e. The zero-order valence-electron chi connectivity index (χ0n) is 10.8. The molecule has 0 bridgehead atoms. The maximum absolute atomic E-state index is 13.3. The zero-order chi connectivity index (χ0) is 15.2. The summed E-state index contributed by atoms with van der Waals surface area (Å²) >= 11 is 0. The number of nitrogens with zero attached hydrogens (tertiary/aromatic N) is 4. The summed E-state index contributed by atoms with van der Waals surface area (Å²) in [5, 5.41) is 19.3. The van der Waals surface area contributed by atoms with Crippen LogP contribution in [0, 0.1) is 18.4 Å². The molecular formula is C12H12FN5O3. The van der Waals surface area contributed by atoms with Gasteiger partial charge >= 0.3 is 6.08 Å². The molecule has 3 heterocycles. The van der Waals surface area contributed by atoms with E-state index in [4.69, 9.17) is 16.9 Å². The van der Waals surface area contributed by atoms with Gasteiger partial charge in [0.1, 0.15) is 12.3 Å². The van der Waals surface area contributed by atoms with Crippen molar-refractivity contribution in [2.45, 2.75) is 24.4 Å². The Labute approximate surface area is 118 Å². The largest absolute Gasteiger partial charge is 0.392 e. The summed E-state index contributed by atoms with van der Waals surface area (Å²) in [6, 6.07) is 0. The Bertz CT molecular complexity index is 742. The number of aliphatic hydroxyl groups is 2. The summed E-state index contributed by atoms with van der Waals surface area (Å²) < 4.78 is 20.2. The van der Waals surface area contributed by atoms with Crippen LogP contribution in [-0.2, 0) is 4.74 Å². The highest BCUT2D eigenvalue weighted by atomic mass is 19.1. The highest BCUT2D eigenvalue weighted by molar-refractivity contribution is 5.81. The summed E-state index contributed by atoms with van der Waals surface area (Å²) in [5.41, 5.74) is 4.42. The number of hydrogen-bond donors (Lipinski definition) is 3.